The van der Waals surface area contributed by atoms with Crippen molar-refractivity contribution in [3.63, 3.8) is 0 Å². The molecule has 1 saturated carbocycles. The average molecular weight is 456 g/mol. The summed E-state index contributed by atoms with van der Waals surface area (Å²) in [5, 5.41) is 4.09. The van der Waals surface area contributed by atoms with Crippen LogP contribution in [-0.4, -0.2) is 33.0 Å². The van der Waals surface area contributed by atoms with Crippen molar-refractivity contribution in [2.24, 2.45) is 11.7 Å². The fraction of sp³-hybridized carbons (Fsp3) is 0.375. The maximum absolute atomic E-state index is 14.0. The number of carbonyl (C=O) groups excluding carboxylic acids is 1. The molecule has 2 aromatic carbocycles. The highest BCUT2D eigenvalue weighted by atomic mass is 19.2. The number of carbonyl (C=O) groups is 1. The number of halogens is 3. The maximum Gasteiger partial charge on any atom is 0.250 e. The fourth-order valence-corrected chi connectivity index (χ4v) is 5.13. The van der Waals surface area contributed by atoms with Crippen molar-refractivity contribution in [3.8, 4) is 11.4 Å². The first-order valence-corrected chi connectivity index (χ1v) is 11.0. The third-order valence-electron chi connectivity index (χ3n) is 6.61. The van der Waals surface area contributed by atoms with Gasteiger partial charge in [-0.3, -0.25) is 4.79 Å². The van der Waals surface area contributed by atoms with Crippen LogP contribution in [0.4, 0.5) is 13.2 Å². The molecule has 0 spiro atoms. The number of rotatable bonds is 6. The lowest BCUT2D eigenvalue weighted by atomic mass is 9.97. The summed E-state index contributed by atoms with van der Waals surface area (Å²) >= 11 is 0. The minimum Gasteiger partial charge on any atom is -0.337 e. The van der Waals surface area contributed by atoms with Crippen molar-refractivity contribution in [3.05, 3.63) is 71.4 Å². The van der Waals surface area contributed by atoms with Gasteiger partial charge in [0.05, 0.1) is 0 Å². The van der Waals surface area contributed by atoms with E-state index in [0.29, 0.717) is 17.8 Å². The molecule has 1 aromatic heterocycles. The number of likely N-dealkylation sites (tertiary alicyclic amines) is 1. The summed E-state index contributed by atoms with van der Waals surface area (Å²) < 4.78 is 46.2. The van der Waals surface area contributed by atoms with Crippen LogP contribution in [0.5, 0.6) is 0 Å². The summed E-state index contributed by atoms with van der Waals surface area (Å²) in [7, 11) is 0. The van der Waals surface area contributed by atoms with Crippen LogP contribution < -0.4 is 5.73 Å². The molecule has 2 N–H and O–H groups in total. The van der Waals surface area contributed by atoms with Crippen molar-refractivity contribution in [1.29, 1.82) is 0 Å². The number of benzene rings is 2. The van der Waals surface area contributed by atoms with E-state index in [9.17, 15) is 18.0 Å². The van der Waals surface area contributed by atoms with E-state index >= 15 is 0 Å². The van der Waals surface area contributed by atoms with E-state index in [1.54, 1.807) is 4.90 Å². The summed E-state index contributed by atoms with van der Waals surface area (Å²) in [6.45, 7) is 0. The fourth-order valence-electron chi connectivity index (χ4n) is 5.13. The lowest BCUT2D eigenvalue weighted by Crippen LogP contribution is -2.43. The van der Waals surface area contributed by atoms with E-state index < -0.39 is 23.5 Å². The van der Waals surface area contributed by atoms with E-state index in [0.717, 1.165) is 30.9 Å². The molecule has 2 aliphatic rings. The van der Waals surface area contributed by atoms with E-state index in [1.807, 2.05) is 30.3 Å². The second-order valence-electron chi connectivity index (χ2n) is 8.82. The number of nitrogens with zero attached hydrogens (tertiary/aromatic N) is 3. The van der Waals surface area contributed by atoms with E-state index in [4.69, 9.17) is 10.3 Å². The van der Waals surface area contributed by atoms with Crippen LogP contribution in [0.3, 0.4) is 0 Å². The van der Waals surface area contributed by atoms with Crippen LogP contribution >= 0.6 is 0 Å². The molecule has 1 saturated heterocycles. The van der Waals surface area contributed by atoms with Gasteiger partial charge in [-0.2, -0.15) is 4.98 Å². The van der Waals surface area contributed by atoms with E-state index in [-0.39, 0.29) is 42.3 Å². The molecule has 2 unspecified atom stereocenters. The van der Waals surface area contributed by atoms with Gasteiger partial charge in [0.2, 0.25) is 17.6 Å². The standard InChI is InChI=1S/C24H23F3N4O2/c25-18-12-20(27)19(26)10-15(18)8-16(28)11-21(32)31-17-7-6-14(9-17)22(31)24-29-23(30-33-24)13-4-2-1-3-5-13/h1-5,10,12,14,16-17,22H,6-9,11,28H2/t14?,16-,17?,22+/m1/s1. The minimum absolute atomic E-state index is 0.0573. The van der Waals surface area contributed by atoms with Crippen LogP contribution in [0.1, 0.15) is 43.2 Å². The van der Waals surface area contributed by atoms with Gasteiger partial charge in [0, 0.05) is 30.1 Å². The molecule has 33 heavy (non-hydrogen) atoms. The van der Waals surface area contributed by atoms with Gasteiger partial charge in [-0.05, 0) is 43.2 Å². The summed E-state index contributed by atoms with van der Waals surface area (Å²) in [6, 6.07) is 9.71. The van der Waals surface area contributed by atoms with Crippen molar-refractivity contribution in [1.82, 2.24) is 15.0 Å². The highest BCUT2D eigenvalue weighted by molar-refractivity contribution is 5.78. The molecule has 9 heteroatoms. The Labute approximate surface area is 188 Å². The van der Waals surface area contributed by atoms with Crippen molar-refractivity contribution >= 4 is 5.91 Å². The first-order valence-electron chi connectivity index (χ1n) is 11.0. The second kappa shape index (κ2) is 8.62. The molecule has 6 nitrogen and oxygen atoms in total. The Morgan fingerprint density at radius 3 is 2.67 bits per heavy atom. The largest absolute Gasteiger partial charge is 0.337 e. The summed E-state index contributed by atoms with van der Waals surface area (Å²) in [4.78, 5) is 19.6. The Balaban J connectivity index is 1.32. The lowest BCUT2D eigenvalue weighted by molar-refractivity contribution is -0.136. The summed E-state index contributed by atoms with van der Waals surface area (Å²) in [6.07, 6.45) is 2.57. The molecule has 0 radical (unpaired) electrons. The molecule has 4 atom stereocenters. The second-order valence-corrected chi connectivity index (χ2v) is 8.82. The predicted octanol–water partition coefficient (Wildman–Crippen LogP) is 4.17. The monoisotopic (exact) mass is 456 g/mol. The molecule has 172 valence electrons. The summed E-state index contributed by atoms with van der Waals surface area (Å²) in [5.74, 6) is -2.39. The van der Waals surface area contributed by atoms with Gasteiger partial charge in [0.25, 0.3) is 0 Å². The number of amides is 1. The van der Waals surface area contributed by atoms with Gasteiger partial charge in [0.15, 0.2) is 11.6 Å². The van der Waals surface area contributed by atoms with Crippen molar-refractivity contribution in [2.45, 2.75) is 50.2 Å². The summed E-state index contributed by atoms with van der Waals surface area (Å²) in [5.41, 5.74) is 6.88. The highest BCUT2D eigenvalue weighted by Gasteiger charge is 2.51. The zero-order valence-corrected chi connectivity index (χ0v) is 17.8. The quantitative estimate of drug-likeness (QED) is 0.563. The van der Waals surface area contributed by atoms with Crippen LogP contribution in [-0.2, 0) is 11.2 Å². The first-order chi connectivity index (χ1) is 15.9. The number of hydrogen-bond donors (Lipinski definition) is 1. The highest BCUT2D eigenvalue weighted by Crippen LogP contribution is 2.50. The van der Waals surface area contributed by atoms with Gasteiger partial charge >= 0.3 is 0 Å². The Bertz CT molecular complexity index is 1170. The van der Waals surface area contributed by atoms with Crippen LogP contribution in [0.15, 0.2) is 47.0 Å². The van der Waals surface area contributed by atoms with Gasteiger partial charge < -0.3 is 15.2 Å². The minimum atomic E-state index is -1.26. The zero-order chi connectivity index (χ0) is 23.1. The topological polar surface area (TPSA) is 85.3 Å². The van der Waals surface area contributed by atoms with Crippen LogP contribution in [0, 0.1) is 23.4 Å². The predicted molar refractivity (Wildman–Crippen MR) is 113 cm³/mol. The number of fused-ring (bicyclic) bond motifs is 2. The van der Waals surface area contributed by atoms with Crippen molar-refractivity contribution < 1.29 is 22.5 Å². The van der Waals surface area contributed by atoms with Crippen LogP contribution in [0.2, 0.25) is 0 Å². The molecular formula is C24H23F3N4O2. The lowest BCUT2D eigenvalue weighted by Gasteiger charge is -2.33. The molecule has 2 bridgehead atoms. The van der Waals surface area contributed by atoms with Gasteiger partial charge in [-0.1, -0.05) is 35.5 Å². The molecule has 3 aromatic rings. The SMILES string of the molecule is N[C@@H](CC(=O)N1C2CCC(C2)[C@H]1c1nc(-c2ccccc2)no1)Cc1cc(F)c(F)cc1F. The van der Waals surface area contributed by atoms with E-state index in [1.165, 1.54) is 0 Å². The Morgan fingerprint density at radius 1 is 1.12 bits per heavy atom. The molecule has 1 aliphatic carbocycles. The number of aromatic nitrogens is 2. The molecule has 5 rings (SSSR count). The van der Waals surface area contributed by atoms with Gasteiger partial charge in [0.1, 0.15) is 11.9 Å². The normalized spacial score (nSPS) is 22.7. The molecule has 1 aliphatic heterocycles. The van der Waals surface area contributed by atoms with E-state index in [2.05, 4.69) is 10.1 Å². The molecule has 2 heterocycles. The number of nitrogens with two attached hydrogens (primary N) is 1. The molecule has 1 amide bonds. The molecular weight excluding hydrogens is 433 g/mol. The Kier molecular flexibility index (Phi) is 5.65. The van der Waals surface area contributed by atoms with Gasteiger partial charge in [-0.25, -0.2) is 13.2 Å². The third kappa shape index (κ3) is 4.13. The maximum atomic E-state index is 14.0. The molecule has 2 fully saturated rings. The van der Waals surface area contributed by atoms with Gasteiger partial charge in [-0.15, -0.1) is 0 Å². The number of piperidine rings is 1. The zero-order valence-electron chi connectivity index (χ0n) is 17.8. The average Bonchev–Trinajstić information content (AvgIpc) is 3.54. The Morgan fingerprint density at radius 2 is 1.88 bits per heavy atom. The smallest absolute Gasteiger partial charge is 0.250 e. The Hall–Kier alpha value is -3.20. The number of hydrogen-bond acceptors (Lipinski definition) is 5. The van der Waals surface area contributed by atoms with Crippen LogP contribution in [0.25, 0.3) is 11.4 Å². The third-order valence-corrected chi connectivity index (χ3v) is 6.61. The van der Waals surface area contributed by atoms with Crippen molar-refractivity contribution in [2.75, 3.05) is 0 Å². The first kappa shape index (κ1) is 21.6.